The summed E-state index contributed by atoms with van der Waals surface area (Å²) in [5, 5.41) is 3.16. The molecule has 1 unspecified atom stereocenters. The molecule has 1 amide bonds. The Balaban J connectivity index is 2.04. The fourth-order valence-corrected chi connectivity index (χ4v) is 2.02. The Morgan fingerprint density at radius 1 is 1.14 bits per heavy atom. The van der Waals surface area contributed by atoms with Gasteiger partial charge in [-0.05, 0) is 38.1 Å². The molecule has 114 valence electrons. The van der Waals surface area contributed by atoms with Gasteiger partial charge < -0.3 is 10.1 Å². The molecule has 5 heteroatoms. The minimum Gasteiger partial charge on any atom is -0.479 e. The van der Waals surface area contributed by atoms with Crippen molar-refractivity contribution in [3.63, 3.8) is 0 Å². The van der Waals surface area contributed by atoms with Crippen LogP contribution >= 0.6 is 11.6 Å². The molecule has 0 saturated heterocycles. The first-order valence-corrected chi connectivity index (χ1v) is 7.18. The molecule has 0 aliphatic carbocycles. The largest absolute Gasteiger partial charge is 0.479 e. The van der Waals surface area contributed by atoms with Gasteiger partial charge in [0.25, 0.3) is 5.91 Å². The van der Waals surface area contributed by atoms with E-state index in [-0.39, 0.29) is 11.7 Å². The Morgan fingerprint density at radius 3 is 2.55 bits per heavy atom. The summed E-state index contributed by atoms with van der Waals surface area (Å²) >= 11 is 5.99. The molecule has 1 atom stereocenters. The van der Waals surface area contributed by atoms with Crippen molar-refractivity contribution in [3.8, 4) is 5.75 Å². The van der Waals surface area contributed by atoms with E-state index < -0.39 is 6.10 Å². The number of hydrogen-bond acceptors (Lipinski definition) is 3. The number of rotatable bonds is 5. The molecular formula is C17H16ClNO3. The summed E-state index contributed by atoms with van der Waals surface area (Å²) in [7, 11) is 0. The van der Waals surface area contributed by atoms with Crippen molar-refractivity contribution in [1.82, 2.24) is 0 Å². The topological polar surface area (TPSA) is 55.4 Å². The van der Waals surface area contributed by atoms with Gasteiger partial charge in [-0.3, -0.25) is 9.59 Å². The van der Waals surface area contributed by atoms with E-state index in [1.165, 1.54) is 6.92 Å². The van der Waals surface area contributed by atoms with Crippen LogP contribution in [0.4, 0.5) is 5.69 Å². The molecule has 0 heterocycles. The lowest BCUT2D eigenvalue weighted by Gasteiger charge is -2.15. The second kappa shape index (κ2) is 7.09. The van der Waals surface area contributed by atoms with Crippen molar-refractivity contribution in [1.29, 1.82) is 0 Å². The number of para-hydroxylation sites is 1. The van der Waals surface area contributed by atoms with Crippen LogP contribution in [0.25, 0.3) is 0 Å². The number of hydrogen-bond donors (Lipinski definition) is 1. The second-order valence-corrected chi connectivity index (χ2v) is 5.22. The second-order valence-electron chi connectivity index (χ2n) is 4.82. The van der Waals surface area contributed by atoms with Crippen molar-refractivity contribution in [2.24, 2.45) is 0 Å². The zero-order chi connectivity index (χ0) is 16.1. The summed E-state index contributed by atoms with van der Waals surface area (Å²) in [5.74, 6) is 0.0707. The maximum absolute atomic E-state index is 12.1. The molecule has 0 aliphatic rings. The highest BCUT2D eigenvalue weighted by atomic mass is 35.5. The van der Waals surface area contributed by atoms with Gasteiger partial charge in [0.2, 0.25) is 0 Å². The summed E-state index contributed by atoms with van der Waals surface area (Å²) in [6.07, 6.45) is -0.721. The summed E-state index contributed by atoms with van der Waals surface area (Å²) in [4.78, 5) is 23.5. The molecule has 4 nitrogen and oxygen atoms in total. The predicted molar refractivity (Wildman–Crippen MR) is 86.6 cm³/mol. The van der Waals surface area contributed by atoms with Crippen LogP contribution in [-0.2, 0) is 4.79 Å². The van der Waals surface area contributed by atoms with Gasteiger partial charge in [0.15, 0.2) is 11.9 Å². The first kappa shape index (κ1) is 16.0. The summed E-state index contributed by atoms with van der Waals surface area (Å²) in [5.41, 5.74) is 1.09. The normalized spacial score (nSPS) is 11.6. The molecule has 0 fully saturated rings. The standard InChI is InChI=1S/C17H16ClNO3/c1-11(20)13-6-5-7-14(10-13)19-17(21)12(2)22-16-9-4-3-8-15(16)18/h3-10,12H,1-2H3,(H,19,21). The SMILES string of the molecule is CC(=O)c1cccc(NC(=O)C(C)Oc2ccccc2Cl)c1. The monoisotopic (exact) mass is 317 g/mol. The highest BCUT2D eigenvalue weighted by Gasteiger charge is 2.16. The predicted octanol–water partition coefficient (Wildman–Crippen LogP) is 3.95. The molecule has 22 heavy (non-hydrogen) atoms. The van der Waals surface area contributed by atoms with Gasteiger partial charge in [0.05, 0.1) is 5.02 Å². The molecule has 2 rings (SSSR count). The molecule has 0 radical (unpaired) electrons. The highest BCUT2D eigenvalue weighted by molar-refractivity contribution is 6.32. The van der Waals surface area contributed by atoms with Gasteiger partial charge in [-0.1, -0.05) is 35.9 Å². The van der Waals surface area contributed by atoms with E-state index in [0.29, 0.717) is 22.0 Å². The third kappa shape index (κ3) is 4.09. The Hall–Kier alpha value is -2.33. The maximum atomic E-state index is 12.1. The first-order valence-electron chi connectivity index (χ1n) is 6.80. The van der Waals surface area contributed by atoms with Crippen molar-refractivity contribution in [2.75, 3.05) is 5.32 Å². The minimum atomic E-state index is -0.721. The molecule has 0 bridgehead atoms. The molecule has 2 aromatic rings. The van der Waals surface area contributed by atoms with E-state index in [2.05, 4.69) is 5.32 Å². The lowest BCUT2D eigenvalue weighted by atomic mass is 10.1. The molecular weight excluding hydrogens is 302 g/mol. The van der Waals surface area contributed by atoms with Crippen molar-refractivity contribution < 1.29 is 14.3 Å². The highest BCUT2D eigenvalue weighted by Crippen LogP contribution is 2.24. The van der Waals surface area contributed by atoms with Crippen LogP contribution in [0.1, 0.15) is 24.2 Å². The third-order valence-electron chi connectivity index (χ3n) is 3.05. The quantitative estimate of drug-likeness (QED) is 0.850. The van der Waals surface area contributed by atoms with E-state index in [0.717, 1.165) is 0 Å². The third-order valence-corrected chi connectivity index (χ3v) is 3.36. The van der Waals surface area contributed by atoms with Gasteiger partial charge in [0.1, 0.15) is 5.75 Å². The Morgan fingerprint density at radius 2 is 1.86 bits per heavy atom. The van der Waals surface area contributed by atoms with Crippen LogP contribution in [0.3, 0.4) is 0 Å². The number of ketones is 1. The van der Waals surface area contributed by atoms with Crippen molar-refractivity contribution >= 4 is 29.0 Å². The van der Waals surface area contributed by atoms with E-state index >= 15 is 0 Å². The number of benzene rings is 2. The van der Waals surface area contributed by atoms with Gasteiger partial charge >= 0.3 is 0 Å². The van der Waals surface area contributed by atoms with Gasteiger partial charge in [-0.15, -0.1) is 0 Å². The molecule has 0 aromatic heterocycles. The summed E-state index contributed by atoms with van der Waals surface area (Å²) in [6, 6.07) is 13.7. The Kier molecular flexibility index (Phi) is 5.17. The summed E-state index contributed by atoms with van der Waals surface area (Å²) in [6.45, 7) is 3.11. The number of anilines is 1. The van der Waals surface area contributed by atoms with Crippen molar-refractivity contribution in [2.45, 2.75) is 20.0 Å². The van der Waals surface area contributed by atoms with E-state index in [1.54, 1.807) is 55.5 Å². The minimum absolute atomic E-state index is 0.0588. The summed E-state index contributed by atoms with van der Waals surface area (Å²) < 4.78 is 5.55. The van der Waals surface area contributed by atoms with Gasteiger partial charge in [-0.2, -0.15) is 0 Å². The average Bonchev–Trinajstić information content (AvgIpc) is 2.49. The average molecular weight is 318 g/mol. The number of halogens is 1. The molecule has 1 N–H and O–H groups in total. The smallest absolute Gasteiger partial charge is 0.265 e. The molecule has 0 saturated carbocycles. The zero-order valence-corrected chi connectivity index (χ0v) is 13.1. The van der Waals surface area contributed by atoms with Crippen LogP contribution in [0.5, 0.6) is 5.75 Å². The number of carbonyl (C=O) groups excluding carboxylic acids is 2. The number of ether oxygens (including phenoxy) is 1. The van der Waals surface area contributed by atoms with Crippen LogP contribution in [0, 0.1) is 0 Å². The van der Waals surface area contributed by atoms with Gasteiger partial charge in [-0.25, -0.2) is 0 Å². The number of carbonyl (C=O) groups is 2. The first-order chi connectivity index (χ1) is 10.5. The van der Waals surface area contributed by atoms with Gasteiger partial charge in [0, 0.05) is 11.3 Å². The molecule has 2 aromatic carbocycles. The van der Waals surface area contributed by atoms with Crippen LogP contribution in [0.15, 0.2) is 48.5 Å². The van der Waals surface area contributed by atoms with Crippen molar-refractivity contribution in [3.05, 3.63) is 59.1 Å². The number of amides is 1. The fraction of sp³-hybridized carbons (Fsp3) is 0.176. The van der Waals surface area contributed by atoms with Crippen LogP contribution < -0.4 is 10.1 Å². The fourth-order valence-electron chi connectivity index (χ4n) is 1.84. The number of nitrogens with one attached hydrogen (secondary N) is 1. The van der Waals surface area contributed by atoms with E-state index in [9.17, 15) is 9.59 Å². The lowest BCUT2D eigenvalue weighted by Crippen LogP contribution is -2.30. The maximum Gasteiger partial charge on any atom is 0.265 e. The van der Waals surface area contributed by atoms with E-state index in [4.69, 9.17) is 16.3 Å². The zero-order valence-electron chi connectivity index (χ0n) is 12.3. The molecule has 0 spiro atoms. The number of Topliss-reactive ketones (excluding diaryl/α,β-unsaturated/α-hetero) is 1. The molecule has 0 aliphatic heterocycles. The Bertz CT molecular complexity index is 700. The lowest BCUT2D eigenvalue weighted by molar-refractivity contribution is -0.122. The van der Waals surface area contributed by atoms with Crippen LogP contribution in [0.2, 0.25) is 5.02 Å². The van der Waals surface area contributed by atoms with Crippen LogP contribution in [-0.4, -0.2) is 17.8 Å². The Labute approximate surface area is 134 Å². The van der Waals surface area contributed by atoms with E-state index in [1.807, 2.05) is 0 Å².